The van der Waals surface area contributed by atoms with Crippen molar-refractivity contribution < 1.29 is 17.1 Å². The van der Waals surface area contributed by atoms with Crippen molar-refractivity contribution >= 4 is 0 Å². The molecule has 0 saturated heterocycles. The Morgan fingerprint density at radius 1 is 1.30 bits per heavy atom. The van der Waals surface area contributed by atoms with Gasteiger partial charge < -0.3 is 0 Å². The van der Waals surface area contributed by atoms with Gasteiger partial charge in [-0.1, -0.05) is 13.8 Å². The van der Waals surface area contributed by atoms with Crippen LogP contribution in [0.15, 0.2) is 24.3 Å². The minimum absolute atomic E-state index is 0. The predicted molar refractivity (Wildman–Crippen MR) is 39.4 cm³/mol. The largest absolute Gasteiger partial charge is 0.180 e. The summed E-state index contributed by atoms with van der Waals surface area (Å²) in [6, 6.07) is 11.3. The first-order valence-electron chi connectivity index (χ1n) is 3.27. The van der Waals surface area contributed by atoms with Gasteiger partial charge in [-0.05, 0) is 5.92 Å². The molecule has 0 atom stereocenters. The van der Waals surface area contributed by atoms with E-state index in [0.717, 1.165) is 0 Å². The van der Waals surface area contributed by atoms with E-state index in [-0.39, 0.29) is 17.1 Å². The predicted octanol–water partition coefficient (Wildman–Crippen LogP) is 2.61. The van der Waals surface area contributed by atoms with Gasteiger partial charge in [0.1, 0.15) is 0 Å². The quantitative estimate of drug-likeness (QED) is 0.454. The van der Waals surface area contributed by atoms with Gasteiger partial charge in [0, 0.05) is 17.1 Å². The summed E-state index contributed by atoms with van der Waals surface area (Å²) in [5.74, 6) is 0.603. The zero-order chi connectivity index (χ0) is 6.69. The normalized spacial score (nSPS) is 9.10. The van der Waals surface area contributed by atoms with E-state index in [4.69, 9.17) is 0 Å². The van der Waals surface area contributed by atoms with E-state index in [9.17, 15) is 0 Å². The fourth-order valence-electron chi connectivity index (χ4n) is 0.766. The summed E-state index contributed by atoms with van der Waals surface area (Å²) >= 11 is 0. The van der Waals surface area contributed by atoms with Gasteiger partial charge in [0.25, 0.3) is 0 Å². The molecule has 0 unspecified atom stereocenters. The van der Waals surface area contributed by atoms with E-state index >= 15 is 0 Å². The zero-order valence-electron chi connectivity index (χ0n) is 6.24. The Bertz CT molecular complexity index is 167. The molecule has 0 aliphatic rings. The maximum Gasteiger partial charge on any atom is 0 e. The number of hydrogen-bond donors (Lipinski definition) is 0. The van der Waals surface area contributed by atoms with E-state index < -0.39 is 0 Å². The van der Waals surface area contributed by atoms with E-state index in [1.807, 2.05) is 18.2 Å². The molecule has 1 aromatic rings. The van der Waals surface area contributed by atoms with Crippen molar-refractivity contribution in [3.05, 3.63) is 35.9 Å². The Morgan fingerprint density at radius 2 is 2.00 bits per heavy atom. The van der Waals surface area contributed by atoms with E-state index in [1.165, 1.54) is 5.56 Å². The molecule has 0 heterocycles. The third kappa shape index (κ3) is 2.55. The van der Waals surface area contributed by atoms with E-state index in [0.29, 0.717) is 5.92 Å². The SMILES string of the molecule is CC(C)c1[c-]cccc1.[Fe]. The molecule has 0 bridgehead atoms. The van der Waals surface area contributed by atoms with Crippen LogP contribution in [0.5, 0.6) is 0 Å². The van der Waals surface area contributed by atoms with Crippen LogP contribution in [0, 0.1) is 6.07 Å². The van der Waals surface area contributed by atoms with Crippen LogP contribution >= 0.6 is 0 Å². The monoisotopic (exact) mass is 175 g/mol. The molecule has 0 N–H and O–H groups in total. The molecule has 0 nitrogen and oxygen atoms in total. The summed E-state index contributed by atoms with van der Waals surface area (Å²) in [5.41, 5.74) is 1.29. The first-order valence-corrected chi connectivity index (χ1v) is 3.27. The minimum Gasteiger partial charge on any atom is -0.180 e. The summed E-state index contributed by atoms with van der Waals surface area (Å²) in [7, 11) is 0. The Morgan fingerprint density at radius 3 is 2.30 bits per heavy atom. The van der Waals surface area contributed by atoms with Crippen LogP contribution in [0.3, 0.4) is 0 Å². The molecule has 1 aromatic carbocycles. The Kier molecular flexibility index (Phi) is 4.42. The second-order valence-electron chi connectivity index (χ2n) is 2.47. The molecule has 0 radical (unpaired) electrons. The van der Waals surface area contributed by atoms with Crippen molar-refractivity contribution in [3.63, 3.8) is 0 Å². The van der Waals surface area contributed by atoms with Crippen molar-refractivity contribution in [2.75, 3.05) is 0 Å². The molecular weight excluding hydrogens is 164 g/mol. The van der Waals surface area contributed by atoms with E-state index in [1.54, 1.807) is 0 Å². The zero-order valence-corrected chi connectivity index (χ0v) is 7.34. The molecule has 0 fully saturated rings. The fourth-order valence-corrected chi connectivity index (χ4v) is 0.766. The number of benzene rings is 1. The third-order valence-electron chi connectivity index (χ3n) is 1.36. The first kappa shape index (κ1) is 9.74. The Labute approximate surface area is 73.1 Å². The van der Waals surface area contributed by atoms with Crippen LogP contribution in [0.25, 0.3) is 0 Å². The Hall–Kier alpha value is -0.261. The Balaban J connectivity index is 0.000000810. The smallest absolute Gasteiger partial charge is 0 e. The summed E-state index contributed by atoms with van der Waals surface area (Å²) in [4.78, 5) is 0. The number of hydrogen-bond acceptors (Lipinski definition) is 0. The summed E-state index contributed by atoms with van der Waals surface area (Å²) in [6.45, 7) is 4.34. The second kappa shape index (κ2) is 4.54. The second-order valence-corrected chi connectivity index (χ2v) is 2.47. The molecule has 56 valence electrons. The molecular formula is C9H11Fe-. The van der Waals surface area contributed by atoms with Gasteiger partial charge in [0.05, 0.1) is 0 Å². The summed E-state index contributed by atoms with van der Waals surface area (Å²) < 4.78 is 0. The molecule has 10 heavy (non-hydrogen) atoms. The van der Waals surface area contributed by atoms with Crippen molar-refractivity contribution in [3.8, 4) is 0 Å². The minimum atomic E-state index is 0. The van der Waals surface area contributed by atoms with Crippen LogP contribution in [-0.4, -0.2) is 0 Å². The van der Waals surface area contributed by atoms with Crippen LogP contribution in [0.4, 0.5) is 0 Å². The fraction of sp³-hybridized carbons (Fsp3) is 0.333. The maximum absolute atomic E-state index is 3.17. The van der Waals surface area contributed by atoms with Crippen molar-refractivity contribution in [2.24, 2.45) is 0 Å². The van der Waals surface area contributed by atoms with Gasteiger partial charge in [-0.2, -0.15) is 35.9 Å². The van der Waals surface area contributed by atoms with Crippen molar-refractivity contribution in [2.45, 2.75) is 19.8 Å². The van der Waals surface area contributed by atoms with E-state index in [2.05, 4.69) is 26.0 Å². The van der Waals surface area contributed by atoms with Crippen LogP contribution in [0.2, 0.25) is 0 Å². The average molecular weight is 175 g/mol. The van der Waals surface area contributed by atoms with Crippen molar-refractivity contribution in [1.29, 1.82) is 0 Å². The van der Waals surface area contributed by atoms with Gasteiger partial charge in [-0.3, -0.25) is 0 Å². The van der Waals surface area contributed by atoms with Gasteiger partial charge >= 0.3 is 0 Å². The topological polar surface area (TPSA) is 0 Å². The standard InChI is InChI=1S/C9H11.Fe/c1-8(2)9-6-4-3-5-7-9;/h3-6,8H,1-2H3;/q-1;. The number of rotatable bonds is 1. The molecule has 0 aromatic heterocycles. The van der Waals surface area contributed by atoms with Gasteiger partial charge in [-0.15, -0.1) is 0 Å². The molecule has 1 rings (SSSR count). The molecule has 0 aliphatic heterocycles. The molecule has 1 heteroatoms. The molecule has 0 spiro atoms. The van der Waals surface area contributed by atoms with Gasteiger partial charge in [0.15, 0.2) is 0 Å². The van der Waals surface area contributed by atoms with Gasteiger partial charge in [-0.25, -0.2) is 0 Å². The first-order chi connectivity index (χ1) is 4.30. The molecule has 0 aliphatic carbocycles. The van der Waals surface area contributed by atoms with Crippen molar-refractivity contribution in [1.82, 2.24) is 0 Å². The van der Waals surface area contributed by atoms with Gasteiger partial charge in [0.2, 0.25) is 0 Å². The van der Waals surface area contributed by atoms with Crippen LogP contribution < -0.4 is 0 Å². The summed E-state index contributed by atoms with van der Waals surface area (Å²) in [6.07, 6.45) is 0. The molecule has 0 amide bonds. The average Bonchev–Trinajstić information content (AvgIpc) is 1.90. The molecule has 0 saturated carbocycles. The third-order valence-corrected chi connectivity index (χ3v) is 1.36. The van der Waals surface area contributed by atoms with Crippen LogP contribution in [0.1, 0.15) is 25.3 Å². The maximum atomic E-state index is 3.17. The summed E-state index contributed by atoms with van der Waals surface area (Å²) in [5, 5.41) is 0. The van der Waals surface area contributed by atoms with Crippen LogP contribution in [-0.2, 0) is 17.1 Å².